The minimum Gasteiger partial charge on any atom is -0.332 e. The van der Waals surface area contributed by atoms with Gasteiger partial charge in [0.15, 0.2) is 0 Å². The van der Waals surface area contributed by atoms with Crippen molar-refractivity contribution in [2.45, 2.75) is 19.9 Å². The third kappa shape index (κ3) is 2.01. The van der Waals surface area contributed by atoms with E-state index in [1.165, 1.54) is 5.56 Å². The lowest BCUT2D eigenvalue weighted by Gasteiger charge is -2.27. The summed E-state index contributed by atoms with van der Waals surface area (Å²) in [4.78, 5) is 18.2. The van der Waals surface area contributed by atoms with Crippen LogP contribution in [0, 0.1) is 6.92 Å². The lowest BCUT2D eigenvalue weighted by molar-refractivity contribution is 0.0730. The van der Waals surface area contributed by atoms with Crippen molar-refractivity contribution < 1.29 is 4.79 Å². The topological polar surface area (TPSA) is 51.0 Å². The Bertz CT molecular complexity index is 618. The van der Waals surface area contributed by atoms with E-state index in [0.717, 1.165) is 24.4 Å². The van der Waals surface area contributed by atoms with Crippen LogP contribution < -0.4 is 0 Å². The molecule has 0 N–H and O–H groups in total. The first-order valence-electron chi connectivity index (χ1n) is 6.37. The molecule has 0 aliphatic carbocycles. The Morgan fingerprint density at radius 3 is 2.79 bits per heavy atom. The molecule has 0 fully saturated rings. The summed E-state index contributed by atoms with van der Waals surface area (Å²) in [6.07, 6.45) is 4.18. The van der Waals surface area contributed by atoms with Crippen molar-refractivity contribution in [3.8, 4) is 0 Å². The second kappa shape index (κ2) is 4.50. The molecule has 0 saturated heterocycles. The Morgan fingerprint density at radius 2 is 2.05 bits per heavy atom. The van der Waals surface area contributed by atoms with Crippen LogP contribution >= 0.6 is 0 Å². The molecule has 0 bridgehead atoms. The molecule has 5 heteroatoms. The van der Waals surface area contributed by atoms with Crippen LogP contribution in [0.2, 0.25) is 0 Å². The molecule has 3 heterocycles. The lowest BCUT2D eigenvalue weighted by Crippen LogP contribution is -2.36. The maximum absolute atomic E-state index is 12.4. The van der Waals surface area contributed by atoms with Gasteiger partial charge in [-0.3, -0.25) is 14.5 Å². The second-order valence-electron chi connectivity index (χ2n) is 4.85. The van der Waals surface area contributed by atoms with Crippen LogP contribution in [0.15, 0.2) is 24.5 Å². The molecule has 0 aromatic carbocycles. The van der Waals surface area contributed by atoms with Gasteiger partial charge >= 0.3 is 0 Å². The van der Waals surface area contributed by atoms with Crippen molar-refractivity contribution in [1.82, 2.24) is 19.7 Å². The highest BCUT2D eigenvalue weighted by atomic mass is 16.2. The number of pyridine rings is 1. The molecule has 0 spiro atoms. The van der Waals surface area contributed by atoms with E-state index in [4.69, 9.17) is 0 Å². The summed E-state index contributed by atoms with van der Waals surface area (Å²) >= 11 is 0. The summed E-state index contributed by atoms with van der Waals surface area (Å²) in [5.74, 6) is 0.0619. The van der Waals surface area contributed by atoms with Gasteiger partial charge in [-0.2, -0.15) is 5.10 Å². The Balaban J connectivity index is 1.86. The molecule has 0 saturated carbocycles. The molecular weight excluding hydrogens is 240 g/mol. The van der Waals surface area contributed by atoms with Gasteiger partial charge in [0, 0.05) is 31.5 Å². The van der Waals surface area contributed by atoms with Crippen LogP contribution in [-0.4, -0.2) is 32.1 Å². The SMILES string of the molecule is Cc1nn(C)c2c1CCN(C(=O)c1ccncc1)C2. The molecule has 98 valence electrons. The number of amides is 1. The maximum atomic E-state index is 12.4. The monoisotopic (exact) mass is 256 g/mol. The molecule has 1 aliphatic heterocycles. The van der Waals surface area contributed by atoms with Crippen molar-refractivity contribution in [1.29, 1.82) is 0 Å². The summed E-state index contributed by atoms with van der Waals surface area (Å²) in [6.45, 7) is 3.41. The fraction of sp³-hybridized carbons (Fsp3) is 0.357. The highest BCUT2D eigenvalue weighted by molar-refractivity contribution is 5.94. The number of aryl methyl sites for hydroxylation is 2. The predicted molar refractivity (Wildman–Crippen MR) is 70.6 cm³/mol. The van der Waals surface area contributed by atoms with Gasteiger partial charge in [0.2, 0.25) is 0 Å². The number of hydrogen-bond donors (Lipinski definition) is 0. The number of rotatable bonds is 1. The van der Waals surface area contributed by atoms with E-state index in [-0.39, 0.29) is 5.91 Å². The number of carbonyl (C=O) groups excluding carboxylic acids is 1. The van der Waals surface area contributed by atoms with Crippen LogP contribution in [0.3, 0.4) is 0 Å². The molecule has 2 aromatic rings. The largest absolute Gasteiger partial charge is 0.332 e. The smallest absolute Gasteiger partial charge is 0.254 e. The zero-order chi connectivity index (χ0) is 13.4. The molecule has 1 amide bonds. The molecule has 1 aliphatic rings. The van der Waals surface area contributed by atoms with Gasteiger partial charge in [0.25, 0.3) is 5.91 Å². The summed E-state index contributed by atoms with van der Waals surface area (Å²) in [6, 6.07) is 3.51. The average molecular weight is 256 g/mol. The van der Waals surface area contributed by atoms with E-state index in [1.807, 2.05) is 23.6 Å². The van der Waals surface area contributed by atoms with Crippen LogP contribution in [0.25, 0.3) is 0 Å². The van der Waals surface area contributed by atoms with Gasteiger partial charge in [-0.05, 0) is 31.0 Å². The van der Waals surface area contributed by atoms with Gasteiger partial charge in [0.05, 0.1) is 17.9 Å². The van der Waals surface area contributed by atoms with E-state index in [9.17, 15) is 4.79 Å². The maximum Gasteiger partial charge on any atom is 0.254 e. The molecule has 0 atom stereocenters. The minimum atomic E-state index is 0.0619. The highest BCUT2D eigenvalue weighted by Crippen LogP contribution is 2.22. The molecule has 5 nitrogen and oxygen atoms in total. The fourth-order valence-electron chi connectivity index (χ4n) is 2.63. The normalized spacial score (nSPS) is 14.3. The summed E-state index contributed by atoms with van der Waals surface area (Å²) in [5.41, 5.74) is 4.21. The first-order valence-corrected chi connectivity index (χ1v) is 6.37. The lowest BCUT2D eigenvalue weighted by atomic mass is 10.0. The van der Waals surface area contributed by atoms with Crippen LogP contribution in [0.1, 0.15) is 27.3 Å². The van der Waals surface area contributed by atoms with Gasteiger partial charge < -0.3 is 4.90 Å². The summed E-state index contributed by atoms with van der Waals surface area (Å²) in [7, 11) is 1.94. The van der Waals surface area contributed by atoms with E-state index >= 15 is 0 Å². The fourth-order valence-corrected chi connectivity index (χ4v) is 2.63. The van der Waals surface area contributed by atoms with Crippen LogP contribution in [0.4, 0.5) is 0 Å². The van der Waals surface area contributed by atoms with E-state index < -0.39 is 0 Å². The molecule has 2 aromatic heterocycles. The number of hydrogen-bond acceptors (Lipinski definition) is 3. The molecule has 0 radical (unpaired) electrons. The van der Waals surface area contributed by atoms with Crippen molar-refractivity contribution in [3.63, 3.8) is 0 Å². The Labute approximate surface area is 111 Å². The van der Waals surface area contributed by atoms with E-state index in [1.54, 1.807) is 24.5 Å². The number of aromatic nitrogens is 3. The van der Waals surface area contributed by atoms with Gasteiger partial charge in [-0.1, -0.05) is 0 Å². The van der Waals surface area contributed by atoms with Gasteiger partial charge in [-0.25, -0.2) is 0 Å². The standard InChI is InChI=1S/C14H16N4O/c1-10-12-5-8-18(9-13(12)17(2)16-10)14(19)11-3-6-15-7-4-11/h3-4,6-7H,5,8-9H2,1-2H3. The van der Waals surface area contributed by atoms with Crippen LogP contribution in [-0.2, 0) is 20.0 Å². The predicted octanol–water partition coefficient (Wildman–Crippen LogP) is 1.32. The summed E-state index contributed by atoms with van der Waals surface area (Å²) < 4.78 is 1.89. The average Bonchev–Trinajstić information content (AvgIpc) is 2.74. The van der Waals surface area contributed by atoms with Crippen molar-refractivity contribution in [2.24, 2.45) is 7.05 Å². The Hall–Kier alpha value is -2.17. The van der Waals surface area contributed by atoms with Gasteiger partial charge in [0.1, 0.15) is 0 Å². The van der Waals surface area contributed by atoms with Crippen molar-refractivity contribution >= 4 is 5.91 Å². The summed E-state index contributed by atoms with van der Waals surface area (Å²) in [5, 5.41) is 4.43. The molecule has 19 heavy (non-hydrogen) atoms. The van der Waals surface area contributed by atoms with Crippen molar-refractivity contribution in [3.05, 3.63) is 47.0 Å². The third-order valence-corrected chi connectivity index (χ3v) is 3.66. The minimum absolute atomic E-state index is 0.0619. The number of fused-ring (bicyclic) bond motifs is 1. The van der Waals surface area contributed by atoms with E-state index in [0.29, 0.717) is 12.1 Å². The Morgan fingerprint density at radius 1 is 1.32 bits per heavy atom. The quantitative estimate of drug-likeness (QED) is 0.773. The molecule has 3 rings (SSSR count). The highest BCUT2D eigenvalue weighted by Gasteiger charge is 2.25. The van der Waals surface area contributed by atoms with Gasteiger partial charge in [-0.15, -0.1) is 0 Å². The number of carbonyl (C=O) groups is 1. The molecular formula is C14H16N4O. The van der Waals surface area contributed by atoms with Crippen molar-refractivity contribution in [2.75, 3.05) is 6.54 Å². The zero-order valence-electron chi connectivity index (χ0n) is 11.1. The Kier molecular flexibility index (Phi) is 2.81. The molecule has 0 unspecified atom stereocenters. The van der Waals surface area contributed by atoms with E-state index in [2.05, 4.69) is 10.1 Å². The second-order valence-corrected chi connectivity index (χ2v) is 4.85. The first kappa shape index (κ1) is 11.9. The number of nitrogens with zero attached hydrogens (tertiary/aromatic N) is 4. The van der Waals surface area contributed by atoms with Crippen LogP contribution in [0.5, 0.6) is 0 Å². The zero-order valence-corrected chi connectivity index (χ0v) is 11.1. The first-order chi connectivity index (χ1) is 9.16. The third-order valence-electron chi connectivity index (χ3n) is 3.66.